The molecule has 1 N–H and O–H groups in total. The lowest BCUT2D eigenvalue weighted by Gasteiger charge is -2.37. The molecule has 0 bridgehead atoms. The number of amides is 11. The molecule has 0 saturated heterocycles. The van der Waals surface area contributed by atoms with Crippen molar-refractivity contribution in [3.05, 3.63) is 24.3 Å². The molecular weight excluding hydrogens is 1500 g/mol. The number of benzene rings is 1. The smallest absolute Gasteiger partial charge is 0.348 e. The van der Waals surface area contributed by atoms with Gasteiger partial charge in [0.1, 0.15) is 0 Å². The Labute approximate surface area is 524 Å². The molecule has 0 aromatic heterocycles. The first kappa shape index (κ1) is 88.5. The van der Waals surface area contributed by atoms with Crippen LogP contribution in [-0.4, -0.2) is 213 Å². The molecule has 0 heterocycles. The topological polar surface area (TPSA) is 216 Å². The second-order valence-electron chi connectivity index (χ2n) is 20.3. The molecule has 0 aliphatic heterocycles. The summed E-state index contributed by atoms with van der Waals surface area (Å²) < 4.78 is 450. The maximum atomic E-state index is 13.7. The minimum atomic E-state index is -6.51. The maximum absolute atomic E-state index is 13.7. The van der Waals surface area contributed by atoms with Crippen LogP contribution in [0, 0.1) is 0 Å². The van der Waals surface area contributed by atoms with Crippen LogP contribution in [0.25, 0.3) is 0 Å². The standard InChI is InChI=1S/C46H41F33N6O11Si2/c47-36(48,49)25(86)80-11-1-17-97(18-2-12-81(26(87)37(50,51)52)27(88)38(53,54)55,19-3-13-82(28(89)39(56,57)58)29(90)40(59,60)61)23-7-9-24(10-8-23)98(20-4-14-83(30(91)41(62,63)64)31(92)42(65,66)67,21-5-15-84(32(93)43(68,69)70)33(94)44(71,72)73)22-6-16-85(34(95)45(74,75)76)35(96)46(77,78)79/h7-10H,1-6,11-22H2,(H,80,86). The van der Waals surface area contributed by atoms with Gasteiger partial charge in [-0.05, 0) is 38.5 Å². The van der Waals surface area contributed by atoms with Gasteiger partial charge in [-0.25, -0.2) is 0 Å². The highest BCUT2D eigenvalue weighted by Gasteiger charge is 2.58. The Hall–Kier alpha value is -7.49. The molecule has 1 aromatic carbocycles. The molecule has 1 rings (SSSR count). The first-order valence-corrected chi connectivity index (χ1v) is 31.3. The van der Waals surface area contributed by atoms with Crippen molar-refractivity contribution < 1.29 is 198 Å². The average Bonchev–Trinajstić information content (AvgIpc) is 0.789. The Balaban J connectivity index is 5.00. The van der Waals surface area contributed by atoms with E-state index in [9.17, 15) is 198 Å². The molecule has 0 radical (unpaired) electrons. The van der Waals surface area contributed by atoms with Crippen LogP contribution in [0.15, 0.2) is 24.3 Å². The molecule has 560 valence electrons. The van der Waals surface area contributed by atoms with E-state index in [1.54, 1.807) is 0 Å². The number of hydrogen-bond donors (Lipinski definition) is 1. The zero-order chi connectivity index (χ0) is 77.2. The molecule has 0 fully saturated rings. The fourth-order valence-corrected chi connectivity index (χ4v) is 19.4. The molecule has 11 amide bonds. The summed E-state index contributed by atoms with van der Waals surface area (Å²) in [5.74, 6) is -39.8. The zero-order valence-electron chi connectivity index (χ0n) is 47.7. The molecule has 0 saturated carbocycles. The van der Waals surface area contributed by atoms with Gasteiger partial charge in [-0.15, -0.1) is 0 Å². The van der Waals surface area contributed by atoms with Crippen LogP contribution in [-0.2, 0) is 52.7 Å². The molecular formula is C46H41F33N6O11Si2. The summed E-state index contributed by atoms with van der Waals surface area (Å²) in [4.78, 5) is 126. The summed E-state index contributed by atoms with van der Waals surface area (Å²) in [6.07, 6.45) is -80.1. The SMILES string of the molecule is O=C(NCCC[Si](CCCN(C(=O)C(F)(F)F)C(=O)C(F)(F)F)(CCCN(C(=O)C(F)(F)F)C(=O)C(F)(F)F)c1ccc([Si](CCCN(C(=O)C(F)(F)F)C(=O)C(F)(F)F)(CCCN(C(=O)C(F)(F)F)C(=O)C(F)(F)F)CCCN(C(=O)C(F)(F)F)C(=O)C(F)(F)F)cc1)C(F)(F)F. The summed E-state index contributed by atoms with van der Waals surface area (Å²) in [6.45, 7) is -12.5. The average molecular weight is 1540 g/mol. The number of carbonyl (C=O) groups excluding carboxylic acids is 11. The molecule has 1 aromatic rings. The van der Waals surface area contributed by atoms with Crippen molar-refractivity contribution in [3.63, 3.8) is 0 Å². The van der Waals surface area contributed by atoms with Crippen LogP contribution in [0.3, 0.4) is 0 Å². The lowest BCUT2D eigenvalue weighted by molar-refractivity contribution is -0.204. The number of imide groups is 5. The van der Waals surface area contributed by atoms with Gasteiger partial charge in [0.25, 0.3) is 0 Å². The lowest BCUT2D eigenvalue weighted by atomic mass is 10.3. The highest BCUT2D eigenvalue weighted by atomic mass is 28.3. The van der Waals surface area contributed by atoms with Gasteiger partial charge < -0.3 is 5.32 Å². The second kappa shape index (κ2) is 32.2. The molecule has 17 nitrogen and oxygen atoms in total. The van der Waals surface area contributed by atoms with Crippen LogP contribution in [0.2, 0.25) is 36.3 Å². The Morgan fingerprint density at radius 2 is 0.388 bits per heavy atom. The van der Waals surface area contributed by atoms with E-state index < -0.39 is 298 Å². The first-order valence-electron chi connectivity index (χ1n) is 26.1. The third-order valence-corrected chi connectivity index (χ3v) is 24.5. The molecule has 0 aliphatic rings. The van der Waals surface area contributed by atoms with Gasteiger partial charge in [-0.3, -0.25) is 77.2 Å². The first-order chi connectivity index (χ1) is 43.6. The molecule has 52 heteroatoms. The lowest BCUT2D eigenvalue weighted by Crippen LogP contribution is -2.55. The summed E-state index contributed by atoms with van der Waals surface area (Å²) in [7, 11) is -10.4. The van der Waals surface area contributed by atoms with Crippen LogP contribution >= 0.6 is 0 Å². The third kappa shape index (κ3) is 25.4. The molecule has 0 unspecified atom stereocenters. The van der Waals surface area contributed by atoms with E-state index in [0.29, 0.717) is 24.3 Å². The monoisotopic (exact) mass is 1540 g/mol. The van der Waals surface area contributed by atoms with E-state index >= 15 is 0 Å². The maximum Gasteiger partial charge on any atom is 0.471 e. The molecule has 0 aliphatic carbocycles. The zero-order valence-corrected chi connectivity index (χ0v) is 49.7. The van der Waals surface area contributed by atoms with Crippen LogP contribution in [0.4, 0.5) is 145 Å². The minimum Gasteiger partial charge on any atom is -0.348 e. The van der Waals surface area contributed by atoms with Gasteiger partial charge in [-0.2, -0.15) is 145 Å². The minimum absolute atomic E-state index is 0.368. The predicted octanol–water partition coefficient (Wildman–Crippen LogP) is 9.42. The normalized spacial score (nSPS) is 13.5. The van der Waals surface area contributed by atoms with Gasteiger partial charge in [-0.1, -0.05) is 70.9 Å². The van der Waals surface area contributed by atoms with E-state index in [4.69, 9.17) is 0 Å². The van der Waals surface area contributed by atoms with E-state index in [2.05, 4.69) is 0 Å². The largest absolute Gasteiger partial charge is 0.471 e. The Bertz CT molecular complexity index is 2700. The highest BCUT2D eigenvalue weighted by Crippen LogP contribution is 2.36. The Morgan fingerprint density at radius 3 is 0.520 bits per heavy atom. The number of carbonyl (C=O) groups is 11. The van der Waals surface area contributed by atoms with E-state index in [0.717, 1.165) is 0 Å². The number of hydrogen-bond acceptors (Lipinski definition) is 11. The fraction of sp³-hybridized carbons (Fsp3) is 0.630. The Morgan fingerprint density at radius 1 is 0.245 bits per heavy atom. The number of halogens is 33. The number of nitrogens with one attached hydrogen (secondary N) is 1. The Kier molecular flexibility index (Phi) is 29.1. The number of rotatable bonds is 26. The quantitative estimate of drug-likeness (QED) is 0.0524. The molecule has 0 atom stereocenters. The van der Waals surface area contributed by atoms with E-state index in [1.165, 1.54) is 5.32 Å². The molecule has 98 heavy (non-hydrogen) atoms. The van der Waals surface area contributed by atoms with Gasteiger partial charge in [0, 0.05) is 39.3 Å². The van der Waals surface area contributed by atoms with Crippen LogP contribution < -0.4 is 15.7 Å². The van der Waals surface area contributed by atoms with Crippen molar-refractivity contribution in [1.29, 1.82) is 0 Å². The van der Waals surface area contributed by atoms with Crippen LogP contribution in [0.5, 0.6) is 0 Å². The van der Waals surface area contributed by atoms with Gasteiger partial charge in [0.15, 0.2) is 0 Å². The second-order valence-corrected chi connectivity index (χ2v) is 29.6. The fourth-order valence-electron chi connectivity index (χ4n) is 9.41. The summed E-state index contributed by atoms with van der Waals surface area (Å²) in [5.41, 5.74) is 0. The van der Waals surface area contributed by atoms with Crippen molar-refractivity contribution in [2.45, 2.75) is 143 Å². The number of nitrogens with zero attached hydrogens (tertiary/aromatic N) is 5. The van der Waals surface area contributed by atoms with Gasteiger partial charge in [0.2, 0.25) is 0 Å². The van der Waals surface area contributed by atoms with Crippen molar-refractivity contribution in [3.8, 4) is 0 Å². The molecule has 0 spiro atoms. The van der Waals surface area contributed by atoms with Crippen molar-refractivity contribution >= 4 is 91.5 Å². The van der Waals surface area contributed by atoms with Gasteiger partial charge >= 0.3 is 133 Å². The van der Waals surface area contributed by atoms with Crippen molar-refractivity contribution in [2.24, 2.45) is 0 Å². The third-order valence-electron chi connectivity index (χ3n) is 13.5. The highest BCUT2D eigenvalue weighted by molar-refractivity contribution is 6.93. The van der Waals surface area contributed by atoms with E-state index in [-0.39, 0.29) is 0 Å². The van der Waals surface area contributed by atoms with Gasteiger partial charge in [0.05, 0.1) is 16.1 Å². The van der Waals surface area contributed by atoms with Crippen molar-refractivity contribution in [2.75, 3.05) is 39.3 Å². The predicted molar refractivity (Wildman–Crippen MR) is 257 cm³/mol. The summed E-state index contributed by atoms with van der Waals surface area (Å²) >= 11 is 0. The van der Waals surface area contributed by atoms with Crippen LogP contribution in [0.1, 0.15) is 38.5 Å². The summed E-state index contributed by atoms with van der Waals surface area (Å²) in [5, 5.41) is -0.549. The van der Waals surface area contributed by atoms with Crippen molar-refractivity contribution in [1.82, 2.24) is 29.8 Å². The van der Waals surface area contributed by atoms with E-state index in [1.807, 2.05) is 0 Å². The summed E-state index contributed by atoms with van der Waals surface area (Å²) in [6, 6.07) is -6.98. The number of alkyl halides is 33.